The van der Waals surface area contributed by atoms with Crippen LogP contribution in [0, 0.1) is 11.8 Å². The average Bonchev–Trinajstić information content (AvgIpc) is 2.67. The van der Waals surface area contributed by atoms with E-state index in [-0.39, 0.29) is 23.7 Å². The zero-order valence-corrected chi connectivity index (χ0v) is 17.1. The fourth-order valence-electron chi connectivity index (χ4n) is 2.22. The number of carbonyl (C=O) groups excluding carboxylic acids is 1. The molecule has 28 heavy (non-hydrogen) atoms. The third-order valence-corrected chi connectivity index (χ3v) is 5.19. The van der Waals surface area contributed by atoms with Crippen LogP contribution in [-0.2, 0) is 19.6 Å². The number of nitrogens with one attached hydrogen (secondary N) is 1. The second kappa shape index (κ2) is 10.0. The molecule has 6 nitrogen and oxygen atoms in total. The summed E-state index contributed by atoms with van der Waals surface area (Å²) in [6.45, 7) is 2.34. The summed E-state index contributed by atoms with van der Waals surface area (Å²) in [4.78, 5) is 11.2. The lowest BCUT2D eigenvalue weighted by molar-refractivity contribution is -0.140. The Hall–Kier alpha value is -2.69. The zero-order valence-electron chi connectivity index (χ0n) is 15.5. The van der Waals surface area contributed by atoms with Gasteiger partial charge in [-0.25, -0.2) is 8.42 Å². The monoisotopic (exact) mass is 421 g/mol. The first kappa shape index (κ1) is 21.6. The number of hydrogen-bond donors (Lipinski definition) is 1. The Bertz CT molecular complexity index is 991. The van der Waals surface area contributed by atoms with Crippen molar-refractivity contribution in [2.24, 2.45) is 0 Å². The van der Waals surface area contributed by atoms with E-state index in [1.807, 2.05) is 6.92 Å². The molecule has 8 heteroatoms. The number of halogens is 1. The zero-order chi connectivity index (χ0) is 20.6. The van der Waals surface area contributed by atoms with Crippen molar-refractivity contribution in [3.05, 3.63) is 53.1 Å². The molecule has 0 saturated heterocycles. The van der Waals surface area contributed by atoms with Gasteiger partial charge in [0.25, 0.3) is 10.0 Å². The number of hydrogen-bond acceptors (Lipinski definition) is 5. The van der Waals surface area contributed by atoms with Gasteiger partial charge in [-0.15, -0.1) is 0 Å². The molecular formula is C20H20ClNO5S. The lowest BCUT2D eigenvalue weighted by Crippen LogP contribution is -2.13. The van der Waals surface area contributed by atoms with Crippen LogP contribution in [0.15, 0.2) is 47.4 Å². The SMILES string of the molecule is CCOc1ccc(S(=O)(=O)Nc2ccc(Cl)cc2C#CCCC(=O)OC)cc1. The highest BCUT2D eigenvalue weighted by Crippen LogP contribution is 2.24. The van der Waals surface area contributed by atoms with E-state index in [2.05, 4.69) is 21.3 Å². The van der Waals surface area contributed by atoms with Gasteiger partial charge in [-0.2, -0.15) is 0 Å². The molecule has 2 aromatic carbocycles. The Morgan fingerprint density at radius 1 is 1.18 bits per heavy atom. The normalized spacial score (nSPS) is 10.5. The number of benzene rings is 2. The maximum atomic E-state index is 12.7. The van der Waals surface area contributed by atoms with Gasteiger partial charge in [-0.1, -0.05) is 23.4 Å². The molecule has 148 valence electrons. The van der Waals surface area contributed by atoms with Crippen LogP contribution in [0.25, 0.3) is 0 Å². The molecule has 0 aliphatic rings. The van der Waals surface area contributed by atoms with Crippen molar-refractivity contribution in [2.75, 3.05) is 18.4 Å². The van der Waals surface area contributed by atoms with Crippen molar-refractivity contribution in [2.45, 2.75) is 24.7 Å². The second-order valence-corrected chi connectivity index (χ2v) is 7.70. The number of anilines is 1. The van der Waals surface area contributed by atoms with Crippen molar-refractivity contribution in [1.29, 1.82) is 0 Å². The molecular weight excluding hydrogens is 402 g/mol. The van der Waals surface area contributed by atoms with Crippen LogP contribution in [0.3, 0.4) is 0 Å². The van der Waals surface area contributed by atoms with Gasteiger partial charge in [0, 0.05) is 11.4 Å². The molecule has 0 heterocycles. The standard InChI is InChI=1S/C20H20ClNO5S/c1-3-27-17-9-11-18(12-10-17)28(24,25)22-19-13-8-16(21)14-15(19)6-4-5-7-20(23)26-2/h8-14,22H,3,5,7H2,1-2H3. The van der Waals surface area contributed by atoms with E-state index in [9.17, 15) is 13.2 Å². The van der Waals surface area contributed by atoms with Gasteiger partial charge in [-0.05, 0) is 49.4 Å². The molecule has 0 bridgehead atoms. The smallest absolute Gasteiger partial charge is 0.306 e. The van der Waals surface area contributed by atoms with E-state index >= 15 is 0 Å². The van der Waals surface area contributed by atoms with Gasteiger partial charge in [0.1, 0.15) is 5.75 Å². The number of carbonyl (C=O) groups is 1. The minimum atomic E-state index is -3.82. The lowest BCUT2D eigenvalue weighted by atomic mass is 10.2. The molecule has 0 radical (unpaired) electrons. The minimum absolute atomic E-state index is 0.0931. The van der Waals surface area contributed by atoms with E-state index in [1.54, 1.807) is 30.3 Å². The molecule has 0 fully saturated rings. The van der Waals surface area contributed by atoms with Crippen LogP contribution in [0.4, 0.5) is 5.69 Å². The first-order valence-electron chi connectivity index (χ1n) is 8.46. The molecule has 2 aromatic rings. The highest BCUT2D eigenvalue weighted by Gasteiger charge is 2.16. The predicted molar refractivity (Wildman–Crippen MR) is 108 cm³/mol. The lowest BCUT2D eigenvalue weighted by Gasteiger charge is -2.11. The molecule has 0 aliphatic heterocycles. The van der Waals surface area contributed by atoms with Crippen LogP contribution < -0.4 is 9.46 Å². The maximum Gasteiger partial charge on any atom is 0.306 e. The topological polar surface area (TPSA) is 81.7 Å². The Labute approximate surface area is 169 Å². The summed E-state index contributed by atoms with van der Waals surface area (Å²) in [7, 11) is -2.51. The Balaban J connectivity index is 2.22. The summed E-state index contributed by atoms with van der Waals surface area (Å²) < 4.78 is 37.7. The molecule has 0 saturated carbocycles. The molecule has 0 atom stereocenters. The third kappa shape index (κ3) is 6.19. The van der Waals surface area contributed by atoms with Crippen LogP contribution in [-0.4, -0.2) is 28.1 Å². The van der Waals surface area contributed by atoms with Gasteiger partial charge in [0.05, 0.1) is 36.3 Å². The van der Waals surface area contributed by atoms with Gasteiger partial charge >= 0.3 is 5.97 Å². The minimum Gasteiger partial charge on any atom is -0.494 e. The quantitative estimate of drug-likeness (QED) is 0.542. The van der Waals surface area contributed by atoms with Crippen molar-refractivity contribution in [3.8, 4) is 17.6 Å². The summed E-state index contributed by atoms with van der Waals surface area (Å²) in [5, 5.41) is 0.418. The van der Waals surface area contributed by atoms with Crippen molar-refractivity contribution in [1.82, 2.24) is 0 Å². The van der Waals surface area contributed by atoms with Crippen LogP contribution >= 0.6 is 11.6 Å². The number of sulfonamides is 1. The first-order valence-corrected chi connectivity index (χ1v) is 10.3. The Morgan fingerprint density at radius 3 is 2.54 bits per heavy atom. The molecule has 0 aliphatic carbocycles. The van der Waals surface area contributed by atoms with Gasteiger partial charge in [0.15, 0.2) is 0 Å². The molecule has 2 rings (SSSR count). The second-order valence-electron chi connectivity index (χ2n) is 5.58. The fourth-order valence-corrected chi connectivity index (χ4v) is 3.47. The third-order valence-electron chi connectivity index (χ3n) is 3.58. The van der Waals surface area contributed by atoms with Gasteiger partial charge in [0.2, 0.25) is 0 Å². The molecule has 0 unspecified atom stereocenters. The van der Waals surface area contributed by atoms with E-state index in [4.69, 9.17) is 16.3 Å². The summed E-state index contributed by atoms with van der Waals surface area (Å²) >= 11 is 6.00. The number of methoxy groups -OCH3 is 1. The van der Waals surface area contributed by atoms with Crippen molar-refractivity contribution < 1.29 is 22.7 Å². The van der Waals surface area contributed by atoms with E-state index in [0.717, 1.165) is 0 Å². The number of ether oxygens (including phenoxy) is 2. The Morgan fingerprint density at radius 2 is 1.89 bits per heavy atom. The molecule has 0 spiro atoms. The number of rotatable bonds is 7. The van der Waals surface area contributed by atoms with Crippen molar-refractivity contribution in [3.63, 3.8) is 0 Å². The highest BCUT2D eigenvalue weighted by atomic mass is 35.5. The van der Waals surface area contributed by atoms with Crippen LogP contribution in [0.1, 0.15) is 25.3 Å². The fraction of sp³-hybridized carbons (Fsp3) is 0.250. The Kier molecular flexibility index (Phi) is 7.73. The van der Waals surface area contributed by atoms with E-state index in [0.29, 0.717) is 28.6 Å². The highest BCUT2D eigenvalue weighted by molar-refractivity contribution is 7.92. The molecule has 0 amide bonds. The predicted octanol–water partition coefficient (Wildman–Crippen LogP) is 3.84. The molecule has 0 aromatic heterocycles. The average molecular weight is 422 g/mol. The van der Waals surface area contributed by atoms with E-state index in [1.165, 1.54) is 19.2 Å². The van der Waals surface area contributed by atoms with Gasteiger partial charge < -0.3 is 9.47 Å². The number of esters is 1. The first-order chi connectivity index (χ1) is 13.4. The summed E-state index contributed by atoms with van der Waals surface area (Å²) in [6.07, 6.45) is 0.432. The van der Waals surface area contributed by atoms with Crippen molar-refractivity contribution >= 4 is 33.3 Å². The van der Waals surface area contributed by atoms with E-state index < -0.39 is 10.0 Å². The van der Waals surface area contributed by atoms with Crippen LogP contribution in [0.2, 0.25) is 5.02 Å². The maximum absolute atomic E-state index is 12.7. The summed E-state index contributed by atoms with van der Waals surface area (Å²) in [5.41, 5.74) is 0.704. The van der Waals surface area contributed by atoms with Gasteiger partial charge in [-0.3, -0.25) is 9.52 Å². The van der Waals surface area contributed by atoms with Crippen LogP contribution in [0.5, 0.6) is 5.75 Å². The largest absolute Gasteiger partial charge is 0.494 e. The summed E-state index contributed by atoms with van der Waals surface area (Å²) in [6, 6.07) is 10.8. The summed E-state index contributed by atoms with van der Waals surface area (Å²) in [5.74, 6) is 5.89. The molecule has 1 N–H and O–H groups in total.